The van der Waals surface area contributed by atoms with Gasteiger partial charge in [0.1, 0.15) is 24.2 Å². The number of esters is 1. The van der Waals surface area contributed by atoms with E-state index in [1.165, 1.54) is 12.0 Å². The maximum atomic E-state index is 13.7. The zero-order chi connectivity index (χ0) is 32.7. The first kappa shape index (κ1) is 33.4. The number of hydrogen-bond donors (Lipinski definition) is 3. The van der Waals surface area contributed by atoms with Gasteiger partial charge in [0.25, 0.3) is 0 Å². The monoisotopic (exact) mass is 622 g/mol. The number of nitrogens with zero attached hydrogens (tertiary/aromatic N) is 2. The van der Waals surface area contributed by atoms with E-state index in [4.69, 9.17) is 13.9 Å². The van der Waals surface area contributed by atoms with Gasteiger partial charge in [-0.05, 0) is 47.9 Å². The van der Waals surface area contributed by atoms with Gasteiger partial charge >= 0.3 is 12.1 Å². The molecule has 45 heavy (non-hydrogen) atoms. The van der Waals surface area contributed by atoms with Crippen molar-refractivity contribution in [1.82, 2.24) is 20.5 Å². The standard InChI is InChI=1S/C33H42N4O8/c1-19(2)27(29(39)31-34-23-16-22(17-26(38)43-5)13-14-25(23)45-31)35-30(40)24-12-9-15-37(24)32(41)28(20(3)4)36-33(42)44-18-21-10-7-6-8-11-21/h6-8,10-11,13-14,16,19-20,24,27-29,39H,9,12,15,17-18H2,1-5H3,(H,35,40)(H,36,42)/t24-,27-,28-,29?/m0/s1. The number of aliphatic hydroxyl groups excluding tert-OH is 1. The average molecular weight is 623 g/mol. The molecular weight excluding hydrogens is 580 g/mol. The van der Waals surface area contributed by atoms with Crippen LogP contribution in [0.25, 0.3) is 11.1 Å². The quantitative estimate of drug-likeness (QED) is 0.256. The number of alkyl carbamates (subject to hydrolysis) is 1. The fourth-order valence-corrected chi connectivity index (χ4v) is 5.38. The van der Waals surface area contributed by atoms with Crippen molar-refractivity contribution < 1.29 is 38.2 Å². The summed E-state index contributed by atoms with van der Waals surface area (Å²) in [5, 5.41) is 16.9. The Balaban J connectivity index is 1.43. The van der Waals surface area contributed by atoms with Crippen molar-refractivity contribution in [2.24, 2.45) is 11.8 Å². The van der Waals surface area contributed by atoms with Crippen LogP contribution in [-0.4, -0.2) is 70.6 Å². The van der Waals surface area contributed by atoms with E-state index in [-0.39, 0.29) is 36.7 Å². The molecule has 3 aromatic rings. The highest BCUT2D eigenvalue weighted by Crippen LogP contribution is 2.27. The van der Waals surface area contributed by atoms with Crippen molar-refractivity contribution in [1.29, 1.82) is 0 Å². The molecule has 0 spiro atoms. The number of rotatable bonds is 12. The molecule has 12 heteroatoms. The van der Waals surface area contributed by atoms with Gasteiger partial charge < -0.3 is 34.5 Å². The second kappa shape index (κ2) is 15.0. The highest BCUT2D eigenvalue weighted by atomic mass is 16.5. The van der Waals surface area contributed by atoms with E-state index in [1.807, 2.05) is 58.0 Å². The van der Waals surface area contributed by atoms with Crippen molar-refractivity contribution in [2.45, 2.75) is 77.8 Å². The Bertz CT molecular complexity index is 1490. The largest absolute Gasteiger partial charge is 0.469 e. The smallest absolute Gasteiger partial charge is 0.408 e. The molecule has 3 N–H and O–H groups in total. The summed E-state index contributed by atoms with van der Waals surface area (Å²) in [5.74, 6) is -1.63. The predicted octanol–water partition coefficient (Wildman–Crippen LogP) is 3.66. The molecule has 4 atom stereocenters. The van der Waals surface area contributed by atoms with Crippen molar-refractivity contribution >= 4 is 35.0 Å². The third kappa shape index (κ3) is 8.39. The summed E-state index contributed by atoms with van der Waals surface area (Å²) in [4.78, 5) is 57.5. The molecule has 1 saturated heterocycles. The van der Waals surface area contributed by atoms with Crippen LogP contribution in [-0.2, 0) is 36.9 Å². The molecular formula is C33H42N4O8. The van der Waals surface area contributed by atoms with Crippen molar-refractivity contribution in [2.75, 3.05) is 13.7 Å². The first-order chi connectivity index (χ1) is 21.5. The molecule has 3 amide bonds. The number of aliphatic hydroxyl groups is 1. The Morgan fingerprint density at radius 3 is 2.42 bits per heavy atom. The number of nitrogens with one attached hydrogen (secondary N) is 2. The van der Waals surface area contributed by atoms with Crippen LogP contribution in [0.3, 0.4) is 0 Å². The maximum Gasteiger partial charge on any atom is 0.408 e. The molecule has 0 bridgehead atoms. The van der Waals surface area contributed by atoms with E-state index in [1.54, 1.807) is 18.2 Å². The van der Waals surface area contributed by atoms with Crippen molar-refractivity contribution in [3.05, 3.63) is 65.5 Å². The van der Waals surface area contributed by atoms with E-state index < -0.39 is 42.2 Å². The number of aromatic nitrogens is 1. The lowest BCUT2D eigenvalue weighted by Crippen LogP contribution is -2.56. The van der Waals surface area contributed by atoms with Gasteiger partial charge in [-0.15, -0.1) is 0 Å². The minimum absolute atomic E-state index is 0.0247. The summed E-state index contributed by atoms with van der Waals surface area (Å²) in [6, 6.07) is 11.8. The lowest BCUT2D eigenvalue weighted by molar-refractivity contribution is -0.141. The zero-order valence-electron chi connectivity index (χ0n) is 26.3. The Hall–Kier alpha value is -4.45. The first-order valence-corrected chi connectivity index (χ1v) is 15.2. The molecule has 2 aromatic carbocycles. The average Bonchev–Trinajstić information content (AvgIpc) is 3.68. The number of amides is 3. The molecule has 0 saturated carbocycles. The molecule has 2 heterocycles. The van der Waals surface area contributed by atoms with Crippen LogP contribution >= 0.6 is 0 Å². The molecule has 1 aliphatic rings. The molecule has 1 aliphatic heterocycles. The summed E-state index contributed by atoms with van der Waals surface area (Å²) < 4.78 is 15.9. The van der Waals surface area contributed by atoms with Gasteiger partial charge in [0.15, 0.2) is 11.7 Å². The number of carbonyl (C=O) groups is 4. The Morgan fingerprint density at radius 2 is 1.76 bits per heavy atom. The number of methoxy groups -OCH3 is 1. The Kier molecular flexibility index (Phi) is 11.2. The van der Waals surface area contributed by atoms with E-state index in [2.05, 4.69) is 15.6 Å². The molecule has 12 nitrogen and oxygen atoms in total. The Morgan fingerprint density at radius 1 is 1.02 bits per heavy atom. The molecule has 0 radical (unpaired) electrons. The predicted molar refractivity (Wildman–Crippen MR) is 165 cm³/mol. The van der Waals surface area contributed by atoms with Gasteiger partial charge in [-0.1, -0.05) is 64.1 Å². The SMILES string of the molecule is COC(=O)Cc1ccc2oc(C(O)[C@@H](NC(=O)[C@@H]3CCCN3C(=O)[C@@H](NC(=O)OCc3ccccc3)C(C)C)C(C)C)nc2c1. The number of oxazole rings is 1. The fourth-order valence-electron chi connectivity index (χ4n) is 5.38. The highest BCUT2D eigenvalue weighted by molar-refractivity contribution is 5.92. The summed E-state index contributed by atoms with van der Waals surface area (Å²) in [7, 11) is 1.32. The van der Waals surface area contributed by atoms with Crippen LogP contribution in [0.1, 0.15) is 63.7 Å². The van der Waals surface area contributed by atoms with E-state index >= 15 is 0 Å². The topological polar surface area (TPSA) is 160 Å². The van der Waals surface area contributed by atoms with E-state index in [0.717, 1.165) is 5.56 Å². The minimum Gasteiger partial charge on any atom is -0.469 e. The number of fused-ring (bicyclic) bond motifs is 1. The summed E-state index contributed by atoms with van der Waals surface area (Å²) in [6.45, 7) is 7.75. The highest BCUT2D eigenvalue weighted by Gasteiger charge is 2.40. The number of benzene rings is 2. The number of ether oxygens (including phenoxy) is 2. The van der Waals surface area contributed by atoms with Gasteiger partial charge in [-0.2, -0.15) is 0 Å². The molecule has 4 rings (SSSR count). The van der Waals surface area contributed by atoms with Gasteiger partial charge in [-0.3, -0.25) is 14.4 Å². The molecule has 1 fully saturated rings. The molecule has 242 valence electrons. The van der Waals surface area contributed by atoms with Crippen LogP contribution < -0.4 is 10.6 Å². The Labute approximate surface area is 262 Å². The van der Waals surface area contributed by atoms with Gasteiger partial charge in [0.05, 0.1) is 19.6 Å². The minimum atomic E-state index is -1.28. The van der Waals surface area contributed by atoms with Crippen LogP contribution in [0.4, 0.5) is 4.79 Å². The first-order valence-electron chi connectivity index (χ1n) is 15.2. The molecule has 1 aromatic heterocycles. The van der Waals surface area contributed by atoms with Crippen LogP contribution in [0.5, 0.6) is 0 Å². The van der Waals surface area contributed by atoms with Crippen LogP contribution in [0.2, 0.25) is 0 Å². The van der Waals surface area contributed by atoms with E-state index in [9.17, 15) is 24.3 Å². The lowest BCUT2D eigenvalue weighted by Gasteiger charge is -2.32. The number of likely N-dealkylation sites (tertiary alicyclic amines) is 1. The second-order valence-corrected chi connectivity index (χ2v) is 11.9. The fraction of sp³-hybridized carbons (Fsp3) is 0.485. The van der Waals surface area contributed by atoms with Gasteiger partial charge in [-0.25, -0.2) is 9.78 Å². The van der Waals surface area contributed by atoms with Gasteiger partial charge in [0.2, 0.25) is 17.7 Å². The van der Waals surface area contributed by atoms with E-state index in [0.29, 0.717) is 36.0 Å². The molecule has 0 aliphatic carbocycles. The van der Waals surface area contributed by atoms with Crippen LogP contribution in [0, 0.1) is 11.8 Å². The second-order valence-electron chi connectivity index (χ2n) is 11.9. The maximum absolute atomic E-state index is 13.7. The van der Waals surface area contributed by atoms with Crippen LogP contribution in [0.15, 0.2) is 52.9 Å². The third-order valence-electron chi connectivity index (χ3n) is 7.92. The zero-order valence-corrected chi connectivity index (χ0v) is 26.3. The number of hydrogen-bond acceptors (Lipinski definition) is 9. The summed E-state index contributed by atoms with van der Waals surface area (Å²) in [6.07, 6.45) is -0.875. The van der Waals surface area contributed by atoms with Gasteiger partial charge in [0, 0.05) is 6.54 Å². The summed E-state index contributed by atoms with van der Waals surface area (Å²) in [5.41, 5.74) is 2.39. The number of carbonyl (C=O) groups excluding carboxylic acids is 4. The molecule has 1 unspecified atom stereocenters. The lowest BCUT2D eigenvalue weighted by atomic mass is 9.97. The van der Waals surface area contributed by atoms with Crippen molar-refractivity contribution in [3.8, 4) is 0 Å². The van der Waals surface area contributed by atoms with Crippen molar-refractivity contribution in [3.63, 3.8) is 0 Å². The normalized spacial score (nSPS) is 16.8. The third-order valence-corrected chi connectivity index (χ3v) is 7.92. The summed E-state index contributed by atoms with van der Waals surface area (Å²) >= 11 is 0.